The summed E-state index contributed by atoms with van der Waals surface area (Å²) in [6.07, 6.45) is 0. The van der Waals surface area contributed by atoms with Crippen molar-refractivity contribution in [3.63, 3.8) is 0 Å². The van der Waals surface area contributed by atoms with Crippen LogP contribution in [0.3, 0.4) is 0 Å². The van der Waals surface area contributed by atoms with Crippen molar-refractivity contribution in [1.29, 1.82) is 0 Å². The summed E-state index contributed by atoms with van der Waals surface area (Å²) in [5.41, 5.74) is 1.53. The summed E-state index contributed by atoms with van der Waals surface area (Å²) in [7, 11) is 0. The molecule has 122 valence electrons. The molecule has 1 aliphatic heterocycles. The van der Waals surface area contributed by atoms with Gasteiger partial charge in [0.05, 0.1) is 16.0 Å². The number of hydrogen-bond acceptors (Lipinski definition) is 6. The number of thiazole rings is 1. The van der Waals surface area contributed by atoms with Crippen LogP contribution in [0.2, 0.25) is 5.02 Å². The SMILES string of the molecule is O=C(CSc1nc2cc(Cl)ccc2s1)Nc1ccc2c(c1)OCO2. The van der Waals surface area contributed by atoms with Gasteiger partial charge < -0.3 is 14.8 Å². The summed E-state index contributed by atoms with van der Waals surface area (Å²) in [5, 5.41) is 3.50. The minimum Gasteiger partial charge on any atom is -0.454 e. The van der Waals surface area contributed by atoms with Crippen molar-refractivity contribution < 1.29 is 14.3 Å². The molecule has 0 fully saturated rings. The van der Waals surface area contributed by atoms with Crippen LogP contribution in [-0.4, -0.2) is 23.4 Å². The number of nitrogens with one attached hydrogen (secondary N) is 1. The zero-order valence-electron chi connectivity index (χ0n) is 12.2. The molecule has 0 aliphatic carbocycles. The molecular weight excluding hydrogens is 368 g/mol. The Hall–Kier alpha value is -1.96. The number of amides is 1. The van der Waals surface area contributed by atoms with Gasteiger partial charge in [0.1, 0.15) is 0 Å². The van der Waals surface area contributed by atoms with Gasteiger partial charge in [0.25, 0.3) is 0 Å². The highest BCUT2D eigenvalue weighted by Gasteiger charge is 2.14. The zero-order valence-corrected chi connectivity index (χ0v) is 14.6. The molecule has 0 bridgehead atoms. The number of carbonyl (C=O) groups is 1. The highest BCUT2D eigenvalue weighted by molar-refractivity contribution is 8.01. The van der Waals surface area contributed by atoms with E-state index in [0.717, 1.165) is 14.6 Å². The number of aromatic nitrogens is 1. The van der Waals surface area contributed by atoms with E-state index in [0.29, 0.717) is 22.2 Å². The predicted octanol–water partition coefficient (Wildman–Crippen LogP) is 4.41. The number of rotatable bonds is 4. The van der Waals surface area contributed by atoms with Crippen LogP contribution in [0, 0.1) is 0 Å². The van der Waals surface area contributed by atoms with Gasteiger partial charge in [-0.05, 0) is 30.3 Å². The van der Waals surface area contributed by atoms with E-state index in [-0.39, 0.29) is 18.5 Å². The Morgan fingerprint density at radius 3 is 3.04 bits per heavy atom. The molecule has 1 aliphatic rings. The van der Waals surface area contributed by atoms with Gasteiger partial charge in [-0.15, -0.1) is 11.3 Å². The van der Waals surface area contributed by atoms with Gasteiger partial charge in [-0.3, -0.25) is 4.79 Å². The summed E-state index contributed by atoms with van der Waals surface area (Å²) in [6.45, 7) is 0.213. The average Bonchev–Trinajstić information content (AvgIpc) is 3.18. The number of benzene rings is 2. The van der Waals surface area contributed by atoms with Crippen LogP contribution in [0.5, 0.6) is 11.5 Å². The molecular formula is C16H11ClN2O3S2. The van der Waals surface area contributed by atoms with Gasteiger partial charge in [0.2, 0.25) is 12.7 Å². The van der Waals surface area contributed by atoms with E-state index in [2.05, 4.69) is 10.3 Å². The smallest absolute Gasteiger partial charge is 0.234 e. The van der Waals surface area contributed by atoms with Crippen molar-refractivity contribution >= 4 is 56.5 Å². The number of hydrogen-bond donors (Lipinski definition) is 1. The van der Waals surface area contributed by atoms with Gasteiger partial charge in [-0.2, -0.15) is 0 Å². The number of fused-ring (bicyclic) bond motifs is 2. The third-order valence-electron chi connectivity index (χ3n) is 3.31. The Bertz CT molecular complexity index is 929. The molecule has 0 spiro atoms. The zero-order chi connectivity index (χ0) is 16.5. The Morgan fingerprint density at radius 1 is 1.25 bits per heavy atom. The van der Waals surface area contributed by atoms with E-state index in [1.165, 1.54) is 11.8 Å². The van der Waals surface area contributed by atoms with Crippen LogP contribution in [0.1, 0.15) is 0 Å². The predicted molar refractivity (Wildman–Crippen MR) is 96.5 cm³/mol. The number of carbonyl (C=O) groups excluding carboxylic acids is 1. The van der Waals surface area contributed by atoms with Crippen LogP contribution in [-0.2, 0) is 4.79 Å². The first-order valence-electron chi connectivity index (χ1n) is 7.06. The Labute approximate surface area is 150 Å². The highest BCUT2D eigenvalue weighted by atomic mass is 35.5. The monoisotopic (exact) mass is 378 g/mol. The second-order valence-corrected chi connectivity index (χ2v) is 7.69. The molecule has 2 heterocycles. The fourth-order valence-corrected chi connectivity index (χ4v) is 4.25. The van der Waals surface area contributed by atoms with E-state index >= 15 is 0 Å². The van der Waals surface area contributed by atoms with E-state index in [9.17, 15) is 4.79 Å². The fraction of sp³-hybridized carbons (Fsp3) is 0.125. The lowest BCUT2D eigenvalue weighted by Crippen LogP contribution is -2.13. The Kier molecular flexibility index (Phi) is 4.22. The number of nitrogens with zero attached hydrogens (tertiary/aromatic N) is 1. The topological polar surface area (TPSA) is 60.5 Å². The maximum absolute atomic E-state index is 12.1. The molecule has 1 N–H and O–H groups in total. The maximum atomic E-state index is 12.1. The van der Waals surface area contributed by atoms with Crippen molar-refractivity contribution in [2.45, 2.75) is 4.34 Å². The highest BCUT2D eigenvalue weighted by Crippen LogP contribution is 2.34. The van der Waals surface area contributed by atoms with Crippen molar-refractivity contribution in [3.8, 4) is 11.5 Å². The summed E-state index contributed by atoms with van der Waals surface area (Å²) in [5.74, 6) is 1.51. The molecule has 4 rings (SSSR count). The van der Waals surface area contributed by atoms with E-state index < -0.39 is 0 Å². The molecule has 3 aromatic rings. The van der Waals surface area contributed by atoms with Gasteiger partial charge in [-0.1, -0.05) is 23.4 Å². The molecule has 0 saturated carbocycles. The summed E-state index contributed by atoms with van der Waals surface area (Å²) in [4.78, 5) is 16.6. The Morgan fingerprint density at radius 2 is 2.12 bits per heavy atom. The van der Waals surface area contributed by atoms with E-state index in [1.807, 2.05) is 18.2 Å². The third-order valence-corrected chi connectivity index (χ3v) is 5.73. The Balaban J connectivity index is 1.39. The summed E-state index contributed by atoms with van der Waals surface area (Å²) in [6, 6.07) is 10.9. The largest absolute Gasteiger partial charge is 0.454 e. The van der Waals surface area contributed by atoms with Crippen LogP contribution >= 0.6 is 34.7 Å². The van der Waals surface area contributed by atoms with Crippen LogP contribution in [0.4, 0.5) is 5.69 Å². The first-order valence-corrected chi connectivity index (χ1v) is 9.24. The molecule has 0 atom stereocenters. The molecule has 0 saturated heterocycles. The minimum absolute atomic E-state index is 0.101. The molecule has 0 unspecified atom stereocenters. The summed E-state index contributed by atoms with van der Waals surface area (Å²) < 4.78 is 12.4. The average molecular weight is 379 g/mol. The van der Waals surface area contributed by atoms with Gasteiger partial charge in [0.15, 0.2) is 15.8 Å². The van der Waals surface area contributed by atoms with Crippen molar-refractivity contribution in [2.24, 2.45) is 0 Å². The van der Waals surface area contributed by atoms with Gasteiger partial charge in [-0.25, -0.2) is 4.98 Å². The second kappa shape index (κ2) is 6.51. The third kappa shape index (κ3) is 3.28. The molecule has 2 aromatic carbocycles. The fourth-order valence-electron chi connectivity index (χ4n) is 2.24. The lowest BCUT2D eigenvalue weighted by atomic mass is 10.3. The first-order chi connectivity index (χ1) is 11.7. The molecule has 8 heteroatoms. The lowest BCUT2D eigenvalue weighted by Gasteiger charge is -2.05. The molecule has 1 aromatic heterocycles. The molecule has 5 nitrogen and oxygen atoms in total. The minimum atomic E-state index is -0.101. The number of thioether (sulfide) groups is 1. The van der Waals surface area contributed by atoms with Crippen molar-refractivity contribution in [2.75, 3.05) is 17.9 Å². The molecule has 1 amide bonds. The van der Waals surface area contributed by atoms with Crippen LogP contribution in [0.25, 0.3) is 10.2 Å². The number of ether oxygens (including phenoxy) is 2. The van der Waals surface area contributed by atoms with Crippen LogP contribution < -0.4 is 14.8 Å². The number of anilines is 1. The molecule has 24 heavy (non-hydrogen) atoms. The standard InChI is InChI=1S/C16H11ClN2O3S2/c17-9-1-4-14-11(5-9)19-16(24-14)23-7-15(20)18-10-2-3-12-13(6-10)22-8-21-12/h1-6H,7-8H2,(H,18,20). The normalized spacial score (nSPS) is 12.5. The quantitative estimate of drug-likeness (QED) is 0.681. The lowest BCUT2D eigenvalue weighted by molar-refractivity contribution is -0.113. The van der Waals surface area contributed by atoms with Gasteiger partial charge in [0, 0.05) is 16.8 Å². The van der Waals surface area contributed by atoms with E-state index in [4.69, 9.17) is 21.1 Å². The second-order valence-electron chi connectivity index (χ2n) is 5.00. The molecule has 0 radical (unpaired) electrons. The van der Waals surface area contributed by atoms with Crippen LogP contribution in [0.15, 0.2) is 40.7 Å². The van der Waals surface area contributed by atoms with Gasteiger partial charge >= 0.3 is 0 Å². The summed E-state index contributed by atoms with van der Waals surface area (Å²) >= 11 is 8.91. The van der Waals surface area contributed by atoms with Crippen molar-refractivity contribution in [1.82, 2.24) is 4.98 Å². The first kappa shape index (κ1) is 15.6. The maximum Gasteiger partial charge on any atom is 0.234 e. The van der Waals surface area contributed by atoms with E-state index in [1.54, 1.807) is 29.5 Å². The number of halogens is 1. The van der Waals surface area contributed by atoms with Crippen molar-refractivity contribution in [3.05, 3.63) is 41.4 Å².